The molecule has 148 valence electrons. The van der Waals surface area contributed by atoms with E-state index in [1.807, 2.05) is 13.8 Å². The van der Waals surface area contributed by atoms with Crippen LogP contribution in [0.25, 0.3) is 0 Å². The van der Waals surface area contributed by atoms with Crippen molar-refractivity contribution < 1.29 is 18.8 Å². The molecule has 0 radical (unpaired) electrons. The van der Waals surface area contributed by atoms with Crippen molar-refractivity contribution in [1.29, 1.82) is 0 Å². The zero-order valence-corrected chi connectivity index (χ0v) is 16.5. The van der Waals surface area contributed by atoms with E-state index in [1.54, 1.807) is 17.9 Å². The second kappa shape index (κ2) is 12.5. The summed E-state index contributed by atoms with van der Waals surface area (Å²) in [5.41, 5.74) is 0. The van der Waals surface area contributed by atoms with Gasteiger partial charge in [-0.25, -0.2) is 0 Å². The van der Waals surface area contributed by atoms with E-state index < -0.39 is 0 Å². The van der Waals surface area contributed by atoms with E-state index in [1.165, 1.54) is 0 Å². The summed E-state index contributed by atoms with van der Waals surface area (Å²) in [6, 6.07) is 1.65. The molecule has 0 aliphatic heterocycles. The Morgan fingerprint density at radius 3 is 2.65 bits per heavy atom. The Morgan fingerprint density at radius 1 is 1.31 bits per heavy atom. The molecule has 1 aromatic heterocycles. The maximum atomic E-state index is 12.9. The Morgan fingerprint density at radius 2 is 2.08 bits per heavy atom. The number of aromatic nitrogens is 1. The number of carbonyl (C=O) groups is 2. The van der Waals surface area contributed by atoms with Gasteiger partial charge in [0.25, 0.3) is 0 Å². The summed E-state index contributed by atoms with van der Waals surface area (Å²) in [6.07, 6.45) is 4.42. The largest absolute Gasteiger partial charge is 0.382 e. The van der Waals surface area contributed by atoms with Crippen LogP contribution in [0.5, 0.6) is 0 Å². The topological polar surface area (TPSA) is 84.7 Å². The number of rotatable bonds is 13. The van der Waals surface area contributed by atoms with Gasteiger partial charge in [0.15, 0.2) is 5.82 Å². The van der Waals surface area contributed by atoms with Crippen molar-refractivity contribution in [2.75, 3.05) is 31.6 Å². The van der Waals surface area contributed by atoms with Gasteiger partial charge in [0.05, 0.1) is 6.54 Å². The van der Waals surface area contributed by atoms with Crippen LogP contribution in [-0.2, 0) is 14.3 Å². The fraction of sp³-hybridized carbons (Fsp3) is 0.737. The van der Waals surface area contributed by atoms with Crippen LogP contribution in [0.1, 0.15) is 58.6 Å². The van der Waals surface area contributed by atoms with E-state index in [0.717, 1.165) is 25.7 Å². The van der Waals surface area contributed by atoms with E-state index >= 15 is 0 Å². The van der Waals surface area contributed by atoms with Gasteiger partial charge in [0.1, 0.15) is 5.76 Å². The third-order valence-corrected chi connectivity index (χ3v) is 4.21. The van der Waals surface area contributed by atoms with Crippen LogP contribution in [0, 0.1) is 12.8 Å². The number of hydrogen-bond donors (Lipinski definition) is 1. The molecule has 2 amide bonds. The van der Waals surface area contributed by atoms with Crippen molar-refractivity contribution in [3.8, 4) is 0 Å². The molecule has 1 N–H and O–H groups in total. The van der Waals surface area contributed by atoms with Gasteiger partial charge in [0, 0.05) is 31.7 Å². The van der Waals surface area contributed by atoms with E-state index in [-0.39, 0.29) is 24.3 Å². The molecule has 0 saturated carbocycles. The van der Waals surface area contributed by atoms with E-state index in [2.05, 4.69) is 17.4 Å². The molecule has 0 aliphatic carbocycles. The Hall–Kier alpha value is -1.89. The zero-order chi connectivity index (χ0) is 19.4. The van der Waals surface area contributed by atoms with Gasteiger partial charge in [-0.15, -0.1) is 0 Å². The highest BCUT2D eigenvalue weighted by Gasteiger charge is 2.24. The predicted molar refractivity (Wildman–Crippen MR) is 101 cm³/mol. The first-order chi connectivity index (χ1) is 12.5. The highest BCUT2D eigenvalue weighted by molar-refractivity contribution is 5.94. The molecule has 7 heteroatoms. The number of hydrogen-bond acceptors (Lipinski definition) is 5. The first-order valence-electron chi connectivity index (χ1n) is 9.61. The molecule has 7 nitrogen and oxygen atoms in total. The predicted octanol–water partition coefficient (Wildman–Crippen LogP) is 3.39. The van der Waals surface area contributed by atoms with Crippen molar-refractivity contribution in [3.05, 3.63) is 11.8 Å². The van der Waals surface area contributed by atoms with Crippen molar-refractivity contribution in [3.63, 3.8) is 0 Å². The normalized spacial score (nSPS) is 12.0. The van der Waals surface area contributed by atoms with Crippen LogP contribution in [0.4, 0.5) is 5.82 Å². The minimum Gasteiger partial charge on any atom is -0.382 e. The molecule has 0 bridgehead atoms. The van der Waals surface area contributed by atoms with Crippen molar-refractivity contribution in [2.45, 2.75) is 59.8 Å². The van der Waals surface area contributed by atoms with Gasteiger partial charge in [-0.2, -0.15) is 0 Å². The molecular formula is C19H33N3O4. The smallest absolute Gasteiger partial charge is 0.245 e. The second-order valence-electron chi connectivity index (χ2n) is 6.43. The van der Waals surface area contributed by atoms with Gasteiger partial charge in [-0.05, 0) is 33.1 Å². The summed E-state index contributed by atoms with van der Waals surface area (Å²) in [5.74, 6) is 0.726. The average molecular weight is 367 g/mol. The maximum absolute atomic E-state index is 12.9. The summed E-state index contributed by atoms with van der Waals surface area (Å²) in [7, 11) is 0. The van der Waals surface area contributed by atoms with E-state index in [9.17, 15) is 9.59 Å². The van der Waals surface area contributed by atoms with Crippen molar-refractivity contribution in [2.24, 2.45) is 5.92 Å². The van der Waals surface area contributed by atoms with Gasteiger partial charge in [-0.1, -0.05) is 31.8 Å². The number of ether oxygens (including phenoxy) is 1. The zero-order valence-electron chi connectivity index (χ0n) is 16.5. The first-order valence-corrected chi connectivity index (χ1v) is 9.61. The molecule has 1 heterocycles. The molecule has 1 aromatic rings. The Bertz CT molecular complexity index is 545. The molecule has 0 fully saturated rings. The quantitative estimate of drug-likeness (QED) is 0.540. The van der Waals surface area contributed by atoms with Crippen LogP contribution >= 0.6 is 0 Å². The van der Waals surface area contributed by atoms with Crippen molar-refractivity contribution in [1.82, 2.24) is 10.1 Å². The van der Waals surface area contributed by atoms with Crippen LogP contribution in [-0.4, -0.2) is 48.2 Å². The second-order valence-corrected chi connectivity index (χ2v) is 6.43. The number of anilines is 1. The lowest BCUT2D eigenvalue weighted by Crippen LogP contribution is -2.42. The van der Waals surface area contributed by atoms with E-state index in [4.69, 9.17) is 9.26 Å². The standard InChI is InChI=1S/C19H33N3O4/c1-5-8-10-16(6-2)19(24)22(11-9-12-25-7-3)14-18(23)20-17-13-15(4)26-21-17/h13,16H,5-12,14H2,1-4H3,(H,20,21,23). The van der Waals surface area contributed by atoms with Gasteiger partial charge in [0.2, 0.25) is 11.8 Å². The average Bonchev–Trinajstić information content (AvgIpc) is 3.02. The van der Waals surface area contributed by atoms with Gasteiger partial charge >= 0.3 is 0 Å². The molecule has 0 aromatic carbocycles. The highest BCUT2D eigenvalue weighted by atomic mass is 16.5. The van der Waals surface area contributed by atoms with Gasteiger partial charge < -0.3 is 19.5 Å². The Labute approximate surface area is 156 Å². The minimum atomic E-state index is -0.270. The molecule has 1 atom stereocenters. The SMILES string of the molecule is CCCCC(CC)C(=O)N(CCCOCC)CC(=O)Nc1cc(C)on1. The van der Waals surface area contributed by atoms with Crippen LogP contribution < -0.4 is 5.32 Å². The first kappa shape index (κ1) is 22.2. The minimum absolute atomic E-state index is 0.0134. The monoisotopic (exact) mass is 367 g/mol. The van der Waals surface area contributed by atoms with Gasteiger partial charge in [-0.3, -0.25) is 9.59 Å². The lowest BCUT2D eigenvalue weighted by atomic mass is 9.97. The number of aryl methyl sites for hydroxylation is 1. The summed E-state index contributed by atoms with van der Waals surface area (Å²) in [4.78, 5) is 26.9. The molecule has 1 unspecified atom stereocenters. The summed E-state index contributed by atoms with van der Waals surface area (Å²) >= 11 is 0. The lowest BCUT2D eigenvalue weighted by molar-refractivity contribution is -0.139. The summed E-state index contributed by atoms with van der Waals surface area (Å²) in [5, 5.41) is 6.44. The molecule has 26 heavy (non-hydrogen) atoms. The van der Waals surface area contributed by atoms with E-state index in [0.29, 0.717) is 37.8 Å². The summed E-state index contributed by atoms with van der Waals surface area (Å²) in [6.45, 7) is 9.58. The molecule has 0 saturated heterocycles. The maximum Gasteiger partial charge on any atom is 0.245 e. The molecule has 0 aliphatic rings. The third kappa shape index (κ3) is 7.99. The van der Waals surface area contributed by atoms with Crippen LogP contribution in [0.3, 0.4) is 0 Å². The lowest BCUT2D eigenvalue weighted by Gasteiger charge is -2.26. The Kier molecular flexibility index (Phi) is 10.6. The molecule has 0 spiro atoms. The third-order valence-electron chi connectivity index (χ3n) is 4.21. The number of unbranched alkanes of at least 4 members (excludes halogenated alkanes) is 1. The summed E-state index contributed by atoms with van der Waals surface area (Å²) < 4.78 is 10.3. The van der Waals surface area contributed by atoms with Crippen LogP contribution in [0.2, 0.25) is 0 Å². The fourth-order valence-corrected chi connectivity index (χ4v) is 2.76. The molecule has 1 rings (SSSR count). The highest BCUT2D eigenvalue weighted by Crippen LogP contribution is 2.16. The molecular weight excluding hydrogens is 334 g/mol. The van der Waals surface area contributed by atoms with Crippen LogP contribution in [0.15, 0.2) is 10.6 Å². The fourth-order valence-electron chi connectivity index (χ4n) is 2.76. The Balaban J connectivity index is 2.68. The number of amides is 2. The number of carbonyl (C=O) groups excluding carboxylic acids is 2. The van der Waals surface area contributed by atoms with Crippen molar-refractivity contribution >= 4 is 17.6 Å². The number of nitrogens with one attached hydrogen (secondary N) is 1. The number of nitrogens with zero attached hydrogens (tertiary/aromatic N) is 2.